The summed E-state index contributed by atoms with van der Waals surface area (Å²) in [5.74, 6) is 0.296. The van der Waals surface area contributed by atoms with E-state index in [2.05, 4.69) is 20.2 Å². The maximum atomic E-state index is 12.4. The number of aromatic nitrogens is 4. The lowest BCUT2D eigenvalue weighted by molar-refractivity contribution is 0.0705. The van der Waals surface area contributed by atoms with Gasteiger partial charge >= 0.3 is 0 Å². The van der Waals surface area contributed by atoms with Crippen molar-refractivity contribution in [2.75, 3.05) is 13.1 Å². The van der Waals surface area contributed by atoms with Crippen LogP contribution >= 0.6 is 0 Å². The molecule has 1 aliphatic rings. The van der Waals surface area contributed by atoms with Crippen molar-refractivity contribution in [1.82, 2.24) is 25.1 Å². The molecule has 6 nitrogen and oxygen atoms in total. The van der Waals surface area contributed by atoms with Crippen molar-refractivity contribution >= 4 is 5.91 Å². The molecule has 1 aliphatic heterocycles. The molecule has 2 aromatic rings. The lowest BCUT2D eigenvalue weighted by Gasteiger charge is -2.32. The van der Waals surface area contributed by atoms with Crippen molar-refractivity contribution in [2.45, 2.75) is 18.8 Å². The maximum Gasteiger partial charge on any atom is 0.255 e. The first-order valence-electron chi connectivity index (χ1n) is 6.66. The van der Waals surface area contributed by atoms with Crippen molar-refractivity contribution in [3.8, 4) is 0 Å². The molecular weight excluding hydrogens is 254 g/mol. The Kier molecular flexibility index (Phi) is 3.62. The minimum Gasteiger partial charge on any atom is -0.338 e. The van der Waals surface area contributed by atoms with E-state index < -0.39 is 0 Å². The van der Waals surface area contributed by atoms with Crippen LogP contribution in [0.4, 0.5) is 0 Å². The average molecular weight is 269 g/mol. The zero-order chi connectivity index (χ0) is 13.8. The van der Waals surface area contributed by atoms with E-state index in [1.54, 1.807) is 24.8 Å². The van der Waals surface area contributed by atoms with Crippen LogP contribution in [-0.4, -0.2) is 44.1 Å². The van der Waals surface area contributed by atoms with E-state index in [9.17, 15) is 4.79 Å². The molecule has 0 aliphatic carbocycles. The fraction of sp³-hybridized carbons (Fsp3) is 0.357. The van der Waals surface area contributed by atoms with Crippen LogP contribution in [0.25, 0.3) is 0 Å². The van der Waals surface area contributed by atoms with Crippen molar-refractivity contribution in [3.63, 3.8) is 0 Å². The molecule has 2 aromatic heterocycles. The van der Waals surface area contributed by atoms with Crippen LogP contribution in [0.2, 0.25) is 0 Å². The molecule has 1 saturated heterocycles. The third kappa shape index (κ3) is 2.64. The number of likely N-dealkylation sites (tertiary alicyclic amines) is 1. The highest BCUT2D eigenvalue weighted by molar-refractivity contribution is 5.93. The molecule has 6 heteroatoms. The number of hydrogen-bond acceptors (Lipinski definition) is 5. The number of hydrogen-bond donors (Lipinski definition) is 0. The van der Waals surface area contributed by atoms with Crippen LogP contribution in [0, 0.1) is 0 Å². The Balaban J connectivity index is 1.74. The second-order valence-electron chi connectivity index (χ2n) is 4.86. The van der Waals surface area contributed by atoms with Crippen LogP contribution in [0.15, 0.2) is 37.1 Å². The van der Waals surface area contributed by atoms with Gasteiger partial charge in [0.25, 0.3) is 5.91 Å². The lowest BCUT2D eigenvalue weighted by Crippen LogP contribution is -2.39. The molecule has 0 aromatic carbocycles. The molecule has 0 saturated carbocycles. The van der Waals surface area contributed by atoms with Crippen LogP contribution in [0.1, 0.15) is 34.8 Å². The summed E-state index contributed by atoms with van der Waals surface area (Å²) in [5, 5.41) is 7.46. The van der Waals surface area contributed by atoms with E-state index in [0.717, 1.165) is 25.1 Å². The Hall–Kier alpha value is -2.37. The Labute approximate surface area is 116 Å². The molecule has 0 spiro atoms. The molecular formula is C14H15N5O. The first-order chi connectivity index (χ1) is 9.84. The minimum atomic E-state index is 0.0126. The van der Waals surface area contributed by atoms with Gasteiger partial charge in [-0.1, -0.05) is 0 Å². The first kappa shape index (κ1) is 12.7. The van der Waals surface area contributed by atoms with Gasteiger partial charge in [0.2, 0.25) is 0 Å². The first-order valence-corrected chi connectivity index (χ1v) is 6.66. The summed E-state index contributed by atoms with van der Waals surface area (Å²) in [4.78, 5) is 22.5. The number of amides is 1. The van der Waals surface area contributed by atoms with Gasteiger partial charge in [0.15, 0.2) is 0 Å². The largest absolute Gasteiger partial charge is 0.338 e. The van der Waals surface area contributed by atoms with Crippen LogP contribution < -0.4 is 0 Å². The van der Waals surface area contributed by atoms with Gasteiger partial charge in [-0.15, -0.1) is 0 Å². The van der Waals surface area contributed by atoms with Gasteiger partial charge in [0, 0.05) is 30.9 Å². The van der Waals surface area contributed by atoms with E-state index in [0.29, 0.717) is 12.1 Å². The van der Waals surface area contributed by atoms with Crippen LogP contribution in [0.3, 0.4) is 0 Å². The maximum absolute atomic E-state index is 12.4. The van der Waals surface area contributed by atoms with Gasteiger partial charge in [0.1, 0.15) is 6.33 Å². The SMILES string of the molecule is O=C(c1ccnnc1)N1CCC[C@H](c2ccncn2)C1. The van der Waals surface area contributed by atoms with Gasteiger partial charge in [0.05, 0.1) is 18.0 Å². The van der Waals surface area contributed by atoms with Gasteiger partial charge in [-0.2, -0.15) is 10.2 Å². The third-order valence-corrected chi connectivity index (χ3v) is 3.56. The second kappa shape index (κ2) is 5.73. The number of piperidine rings is 1. The highest BCUT2D eigenvalue weighted by Gasteiger charge is 2.26. The predicted octanol–water partition coefficient (Wildman–Crippen LogP) is 1.29. The van der Waals surface area contributed by atoms with Crippen molar-refractivity contribution in [2.24, 2.45) is 0 Å². The van der Waals surface area contributed by atoms with E-state index in [-0.39, 0.29) is 11.8 Å². The molecule has 102 valence electrons. The summed E-state index contributed by atoms with van der Waals surface area (Å²) in [6, 6.07) is 3.62. The standard InChI is InChI=1S/C14H15N5O/c20-14(11-3-6-17-18-8-11)19-7-1-2-12(9-19)13-4-5-15-10-16-13/h3-6,8,10,12H,1-2,7,9H2/t12-/m0/s1. The highest BCUT2D eigenvalue weighted by Crippen LogP contribution is 2.25. The molecule has 1 fully saturated rings. The fourth-order valence-corrected chi connectivity index (χ4v) is 2.55. The van der Waals surface area contributed by atoms with E-state index in [4.69, 9.17) is 0 Å². The van der Waals surface area contributed by atoms with Crippen LogP contribution in [0.5, 0.6) is 0 Å². The van der Waals surface area contributed by atoms with Gasteiger partial charge in [-0.05, 0) is 25.0 Å². The van der Waals surface area contributed by atoms with Crippen molar-refractivity contribution < 1.29 is 4.79 Å². The van der Waals surface area contributed by atoms with E-state index >= 15 is 0 Å². The number of nitrogens with zero attached hydrogens (tertiary/aromatic N) is 5. The highest BCUT2D eigenvalue weighted by atomic mass is 16.2. The molecule has 20 heavy (non-hydrogen) atoms. The van der Waals surface area contributed by atoms with Gasteiger partial charge in [-0.25, -0.2) is 9.97 Å². The molecule has 1 amide bonds. The zero-order valence-corrected chi connectivity index (χ0v) is 11.0. The molecule has 0 unspecified atom stereocenters. The number of carbonyl (C=O) groups excluding carboxylic acids is 1. The monoisotopic (exact) mass is 269 g/mol. The zero-order valence-electron chi connectivity index (χ0n) is 11.0. The summed E-state index contributed by atoms with van der Waals surface area (Å²) in [7, 11) is 0. The second-order valence-corrected chi connectivity index (χ2v) is 4.86. The molecule has 3 rings (SSSR count). The Bertz CT molecular complexity index is 575. The fourth-order valence-electron chi connectivity index (χ4n) is 2.55. The summed E-state index contributed by atoms with van der Waals surface area (Å²) in [6.45, 7) is 1.47. The molecule has 0 N–H and O–H groups in total. The summed E-state index contributed by atoms with van der Waals surface area (Å²) < 4.78 is 0. The summed E-state index contributed by atoms with van der Waals surface area (Å²) in [5.41, 5.74) is 1.59. The normalized spacial score (nSPS) is 18.8. The molecule has 0 bridgehead atoms. The minimum absolute atomic E-state index is 0.0126. The topological polar surface area (TPSA) is 71.9 Å². The lowest BCUT2D eigenvalue weighted by atomic mass is 9.94. The quantitative estimate of drug-likeness (QED) is 0.821. The molecule has 3 heterocycles. The summed E-state index contributed by atoms with van der Waals surface area (Å²) >= 11 is 0. The molecule has 0 radical (unpaired) electrons. The summed E-state index contributed by atoms with van der Waals surface area (Å²) in [6.07, 6.45) is 8.39. The number of carbonyl (C=O) groups is 1. The van der Waals surface area contributed by atoms with Crippen molar-refractivity contribution in [1.29, 1.82) is 0 Å². The van der Waals surface area contributed by atoms with Crippen molar-refractivity contribution in [3.05, 3.63) is 48.3 Å². The predicted molar refractivity (Wildman–Crippen MR) is 71.9 cm³/mol. The smallest absolute Gasteiger partial charge is 0.255 e. The number of rotatable bonds is 2. The van der Waals surface area contributed by atoms with Crippen LogP contribution in [-0.2, 0) is 0 Å². The van der Waals surface area contributed by atoms with Gasteiger partial charge < -0.3 is 4.90 Å². The van der Waals surface area contributed by atoms with Gasteiger partial charge in [-0.3, -0.25) is 4.79 Å². The van der Waals surface area contributed by atoms with E-state index in [1.807, 2.05) is 11.0 Å². The average Bonchev–Trinajstić information content (AvgIpc) is 2.56. The Morgan fingerprint density at radius 3 is 2.95 bits per heavy atom. The Morgan fingerprint density at radius 2 is 2.20 bits per heavy atom. The third-order valence-electron chi connectivity index (χ3n) is 3.56. The van der Waals surface area contributed by atoms with E-state index in [1.165, 1.54) is 6.20 Å². The molecule has 1 atom stereocenters. The Morgan fingerprint density at radius 1 is 1.25 bits per heavy atom.